The van der Waals surface area contributed by atoms with Crippen molar-refractivity contribution in [3.05, 3.63) is 23.5 Å². The lowest BCUT2D eigenvalue weighted by Gasteiger charge is -2.37. The van der Waals surface area contributed by atoms with E-state index in [-0.39, 0.29) is 0 Å². The lowest BCUT2D eigenvalue weighted by atomic mass is 10.1. The summed E-state index contributed by atoms with van der Waals surface area (Å²) < 4.78 is 0. The Morgan fingerprint density at radius 1 is 1.12 bits per heavy atom. The van der Waals surface area contributed by atoms with Gasteiger partial charge in [-0.2, -0.15) is 0 Å². The van der Waals surface area contributed by atoms with Crippen LogP contribution < -0.4 is 10.2 Å². The molecule has 3 aliphatic heterocycles. The Balaban J connectivity index is 1.32. The normalized spacial score (nSPS) is 24.7. The molecule has 4 heterocycles. The maximum Gasteiger partial charge on any atom is 0.222 e. The summed E-state index contributed by atoms with van der Waals surface area (Å²) in [6.45, 7) is 10.3. The van der Waals surface area contributed by atoms with Crippen molar-refractivity contribution in [3.63, 3.8) is 0 Å². The topological polar surface area (TPSA) is 51.7 Å². The molecule has 142 valence electrons. The lowest BCUT2D eigenvalue weighted by molar-refractivity contribution is -0.127. The zero-order valence-electron chi connectivity index (χ0n) is 15.9. The number of aromatic nitrogens is 1. The highest BCUT2D eigenvalue weighted by Gasteiger charge is 2.24. The number of hydrogen-bond donors (Lipinski definition) is 1. The quantitative estimate of drug-likeness (QED) is 0.867. The number of amides is 1. The molecule has 1 amide bonds. The van der Waals surface area contributed by atoms with Gasteiger partial charge < -0.3 is 15.1 Å². The Kier molecular flexibility index (Phi) is 5.41. The molecule has 3 fully saturated rings. The molecule has 3 aliphatic rings. The van der Waals surface area contributed by atoms with Gasteiger partial charge in [0.2, 0.25) is 5.91 Å². The van der Waals surface area contributed by atoms with E-state index in [1.807, 2.05) is 4.90 Å². The van der Waals surface area contributed by atoms with Crippen molar-refractivity contribution >= 4 is 11.6 Å². The second kappa shape index (κ2) is 7.92. The van der Waals surface area contributed by atoms with Gasteiger partial charge in [0.25, 0.3) is 0 Å². The van der Waals surface area contributed by atoms with E-state index in [0.717, 1.165) is 70.9 Å². The molecule has 0 bridgehead atoms. The zero-order chi connectivity index (χ0) is 17.9. The maximum absolute atomic E-state index is 11.7. The van der Waals surface area contributed by atoms with Crippen LogP contribution in [0.15, 0.2) is 12.1 Å². The number of nitrogens with zero attached hydrogens (tertiary/aromatic N) is 4. The second-order valence-electron chi connectivity index (χ2n) is 7.85. The van der Waals surface area contributed by atoms with Gasteiger partial charge in [-0.25, -0.2) is 0 Å². The first-order valence-electron chi connectivity index (χ1n) is 10.2. The highest BCUT2D eigenvalue weighted by molar-refractivity contribution is 5.78. The Morgan fingerprint density at radius 3 is 2.65 bits per heavy atom. The minimum Gasteiger partial charge on any atom is -0.369 e. The average molecular weight is 358 g/mol. The third-order valence-electron chi connectivity index (χ3n) is 5.97. The molecule has 0 spiro atoms. The van der Waals surface area contributed by atoms with E-state index in [0.29, 0.717) is 11.9 Å². The molecular weight excluding hydrogens is 326 g/mol. The van der Waals surface area contributed by atoms with Gasteiger partial charge in [0.15, 0.2) is 0 Å². The van der Waals surface area contributed by atoms with Crippen LogP contribution in [0.4, 0.5) is 5.69 Å². The van der Waals surface area contributed by atoms with Crippen LogP contribution in [0.2, 0.25) is 0 Å². The number of nitrogens with one attached hydrogen (secondary N) is 1. The average Bonchev–Trinajstić information content (AvgIpc) is 3.32. The highest BCUT2D eigenvalue weighted by Crippen LogP contribution is 2.26. The van der Waals surface area contributed by atoms with Crippen molar-refractivity contribution in [2.45, 2.75) is 38.6 Å². The molecule has 1 aromatic rings. The van der Waals surface area contributed by atoms with Crippen molar-refractivity contribution in [2.75, 3.05) is 57.3 Å². The summed E-state index contributed by atoms with van der Waals surface area (Å²) in [6, 6.07) is 4.93. The van der Waals surface area contributed by atoms with E-state index >= 15 is 0 Å². The zero-order valence-corrected chi connectivity index (χ0v) is 15.9. The van der Waals surface area contributed by atoms with Gasteiger partial charge in [-0.1, -0.05) is 0 Å². The van der Waals surface area contributed by atoms with Crippen molar-refractivity contribution in [1.29, 1.82) is 0 Å². The molecule has 4 rings (SSSR count). The largest absolute Gasteiger partial charge is 0.369 e. The number of hydrogen-bond acceptors (Lipinski definition) is 5. The van der Waals surface area contributed by atoms with Gasteiger partial charge in [0.05, 0.1) is 5.69 Å². The summed E-state index contributed by atoms with van der Waals surface area (Å²) in [7, 11) is 0. The Bertz CT molecular complexity index is 635. The summed E-state index contributed by atoms with van der Waals surface area (Å²) in [5.41, 5.74) is 3.63. The van der Waals surface area contributed by atoms with Crippen LogP contribution in [0.1, 0.15) is 43.1 Å². The first-order valence-corrected chi connectivity index (χ1v) is 10.2. The number of rotatable bonds is 5. The second-order valence-corrected chi connectivity index (χ2v) is 7.85. The molecule has 1 aromatic heterocycles. The summed E-state index contributed by atoms with van der Waals surface area (Å²) in [5, 5.41) is 3.56. The molecule has 0 aromatic carbocycles. The van der Waals surface area contributed by atoms with Crippen molar-refractivity contribution < 1.29 is 4.79 Å². The van der Waals surface area contributed by atoms with E-state index in [1.165, 1.54) is 24.2 Å². The predicted molar refractivity (Wildman–Crippen MR) is 103 cm³/mol. The Hall–Kier alpha value is -1.66. The monoisotopic (exact) mass is 357 g/mol. The van der Waals surface area contributed by atoms with E-state index in [1.54, 1.807) is 0 Å². The minimum absolute atomic E-state index is 0.337. The summed E-state index contributed by atoms with van der Waals surface area (Å²) >= 11 is 0. The molecule has 1 atom stereocenters. The predicted octanol–water partition coefficient (Wildman–Crippen LogP) is 1.56. The van der Waals surface area contributed by atoms with Crippen LogP contribution >= 0.6 is 0 Å². The summed E-state index contributed by atoms with van der Waals surface area (Å²) in [5.74, 6) is 0.337. The maximum atomic E-state index is 11.7. The number of carbonyl (C=O) groups excluding carboxylic acids is 1. The summed E-state index contributed by atoms with van der Waals surface area (Å²) in [6.07, 6.45) is 4.21. The molecule has 1 N–H and O–H groups in total. The van der Waals surface area contributed by atoms with Crippen molar-refractivity contribution in [2.24, 2.45) is 0 Å². The van der Waals surface area contributed by atoms with E-state index in [4.69, 9.17) is 4.98 Å². The molecule has 0 radical (unpaired) electrons. The molecule has 0 unspecified atom stereocenters. The van der Waals surface area contributed by atoms with E-state index in [9.17, 15) is 4.79 Å². The number of carbonyl (C=O) groups is 1. The van der Waals surface area contributed by atoms with Crippen molar-refractivity contribution in [3.8, 4) is 0 Å². The fourth-order valence-electron chi connectivity index (χ4n) is 4.41. The van der Waals surface area contributed by atoms with Gasteiger partial charge in [-0.15, -0.1) is 0 Å². The van der Waals surface area contributed by atoms with Crippen LogP contribution in [0.5, 0.6) is 0 Å². The lowest BCUT2D eigenvalue weighted by Crippen LogP contribution is -2.48. The third kappa shape index (κ3) is 4.01. The van der Waals surface area contributed by atoms with Crippen LogP contribution in [0.25, 0.3) is 0 Å². The number of pyridine rings is 1. The minimum atomic E-state index is 0.337. The van der Waals surface area contributed by atoms with Gasteiger partial charge in [0, 0.05) is 69.7 Å². The molecule has 6 nitrogen and oxygen atoms in total. The number of likely N-dealkylation sites (tertiary alicyclic amines) is 1. The SMILES string of the molecule is Cc1cc(N2CCN(CCN3CCCC3=O)CC2)cc([C@H]2CCCN2)n1. The summed E-state index contributed by atoms with van der Waals surface area (Å²) in [4.78, 5) is 23.5. The van der Waals surface area contributed by atoms with Gasteiger partial charge in [-0.05, 0) is 44.9 Å². The van der Waals surface area contributed by atoms with Crippen LogP contribution in [0, 0.1) is 6.92 Å². The fraction of sp³-hybridized carbons (Fsp3) is 0.700. The highest BCUT2D eigenvalue weighted by atomic mass is 16.2. The smallest absolute Gasteiger partial charge is 0.222 e. The Labute approximate surface area is 156 Å². The molecule has 0 aliphatic carbocycles. The van der Waals surface area contributed by atoms with E-state index < -0.39 is 0 Å². The number of anilines is 1. The number of aryl methyl sites for hydroxylation is 1. The standard InChI is InChI=1S/C20H31N5O/c1-16-14-17(15-19(22-16)18-4-2-6-21-18)24-11-8-23(9-12-24)10-13-25-7-3-5-20(25)26/h14-15,18,21H,2-13H2,1H3/t18-/m1/s1. The van der Waals surface area contributed by atoms with E-state index in [2.05, 4.69) is 34.2 Å². The molecule has 26 heavy (non-hydrogen) atoms. The van der Waals surface area contributed by atoms with Crippen LogP contribution in [-0.2, 0) is 4.79 Å². The number of piperazine rings is 1. The molecule has 6 heteroatoms. The fourth-order valence-corrected chi connectivity index (χ4v) is 4.41. The molecule has 3 saturated heterocycles. The molecule has 0 saturated carbocycles. The first kappa shape index (κ1) is 17.7. The third-order valence-corrected chi connectivity index (χ3v) is 5.97. The van der Waals surface area contributed by atoms with Crippen LogP contribution in [-0.4, -0.2) is 73.0 Å². The molecular formula is C20H31N5O. The van der Waals surface area contributed by atoms with Crippen molar-refractivity contribution in [1.82, 2.24) is 20.1 Å². The van der Waals surface area contributed by atoms with Crippen LogP contribution in [0.3, 0.4) is 0 Å². The van der Waals surface area contributed by atoms with Gasteiger partial charge >= 0.3 is 0 Å². The first-order chi connectivity index (χ1) is 12.7. The Morgan fingerprint density at radius 2 is 1.96 bits per heavy atom. The van der Waals surface area contributed by atoms with Gasteiger partial charge in [0.1, 0.15) is 0 Å². The van der Waals surface area contributed by atoms with Gasteiger partial charge in [-0.3, -0.25) is 14.7 Å².